The minimum atomic E-state index is -0.323. The zero-order chi connectivity index (χ0) is 11.1. The van der Waals surface area contributed by atoms with Crippen LogP contribution in [-0.4, -0.2) is 25.8 Å². The second-order valence-corrected chi connectivity index (χ2v) is 3.11. The molecule has 1 aliphatic rings. The Morgan fingerprint density at radius 1 is 1.80 bits per heavy atom. The molecule has 4 heteroatoms. The number of carbonyl (C=O) groups is 1. The van der Waals surface area contributed by atoms with Crippen LogP contribution in [0.2, 0.25) is 0 Å². The molecule has 0 aromatic rings. The maximum Gasteiger partial charge on any atom is 0.337 e. The van der Waals surface area contributed by atoms with Crippen molar-refractivity contribution in [3.8, 4) is 12.3 Å². The largest absolute Gasteiger partial charge is 0.458 e. The van der Waals surface area contributed by atoms with Gasteiger partial charge in [-0.1, -0.05) is 5.92 Å². The van der Waals surface area contributed by atoms with Crippen LogP contribution in [0.3, 0.4) is 0 Å². The van der Waals surface area contributed by atoms with Gasteiger partial charge < -0.3 is 10.1 Å². The van der Waals surface area contributed by atoms with Gasteiger partial charge in [0, 0.05) is 12.7 Å². The summed E-state index contributed by atoms with van der Waals surface area (Å²) in [6.45, 7) is 3.21. The fourth-order valence-electron chi connectivity index (χ4n) is 1.02. The van der Waals surface area contributed by atoms with Crippen molar-refractivity contribution in [1.29, 1.82) is 0 Å². The second kappa shape index (κ2) is 5.89. The van der Waals surface area contributed by atoms with E-state index in [0.717, 1.165) is 5.57 Å². The van der Waals surface area contributed by atoms with E-state index < -0.39 is 0 Å². The van der Waals surface area contributed by atoms with Crippen molar-refractivity contribution in [3.05, 3.63) is 23.4 Å². The predicted octanol–water partition coefficient (Wildman–Crippen LogP) is 0.143. The van der Waals surface area contributed by atoms with Crippen LogP contribution in [0.4, 0.5) is 0 Å². The third kappa shape index (κ3) is 3.88. The molecular weight excluding hydrogens is 192 g/mol. The Bertz CT molecular complexity index is 337. The van der Waals surface area contributed by atoms with Gasteiger partial charge in [0.2, 0.25) is 0 Å². The van der Waals surface area contributed by atoms with Gasteiger partial charge in [-0.05, 0) is 18.6 Å². The first kappa shape index (κ1) is 11.3. The van der Waals surface area contributed by atoms with Gasteiger partial charge >= 0.3 is 5.97 Å². The predicted molar refractivity (Wildman–Crippen MR) is 57.6 cm³/mol. The number of terminal acetylenes is 1. The van der Waals surface area contributed by atoms with Crippen molar-refractivity contribution in [1.82, 2.24) is 10.6 Å². The Morgan fingerprint density at radius 2 is 2.60 bits per heavy atom. The molecule has 0 spiro atoms. The highest BCUT2D eigenvalue weighted by molar-refractivity contribution is 5.89. The number of hydrogen-bond acceptors (Lipinski definition) is 4. The Kier molecular flexibility index (Phi) is 4.45. The van der Waals surface area contributed by atoms with Crippen molar-refractivity contribution >= 4 is 5.97 Å². The molecule has 1 heterocycles. The Morgan fingerprint density at radius 3 is 3.20 bits per heavy atom. The molecule has 4 nitrogen and oxygen atoms in total. The van der Waals surface area contributed by atoms with Gasteiger partial charge in [-0.2, -0.15) is 0 Å². The normalized spacial score (nSPS) is 16.0. The van der Waals surface area contributed by atoms with Gasteiger partial charge in [-0.3, -0.25) is 5.32 Å². The maximum absolute atomic E-state index is 11.4. The molecule has 0 saturated heterocycles. The summed E-state index contributed by atoms with van der Waals surface area (Å²) in [4.78, 5) is 11.4. The zero-order valence-corrected chi connectivity index (χ0v) is 8.67. The van der Waals surface area contributed by atoms with Crippen LogP contribution in [0.5, 0.6) is 0 Å². The topological polar surface area (TPSA) is 50.4 Å². The summed E-state index contributed by atoms with van der Waals surface area (Å²) >= 11 is 0. The van der Waals surface area contributed by atoms with Crippen LogP contribution in [0.1, 0.15) is 6.92 Å². The van der Waals surface area contributed by atoms with E-state index in [1.165, 1.54) is 0 Å². The van der Waals surface area contributed by atoms with E-state index in [1.54, 1.807) is 19.2 Å². The van der Waals surface area contributed by atoms with Crippen molar-refractivity contribution < 1.29 is 9.53 Å². The molecule has 0 unspecified atom stereocenters. The average Bonchev–Trinajstić information content (AvgIpc) is 2.29. The van der Waals surface area contributed by atoms with E-state index >= 15 is 0 Å². The molecule has 2 N–H and O–H groups in total. The van der Waals surface area contributed by atoms with Crippen molar-refractivity contribution in [2.75, 3.05) is 19.8 Å². The van der Waals surface area contributed by atoms with Crippen LogP contribution in [0, 0.1) is 12.3 Å². The van der Waals surface area contributed by atoms with E-state index in [-0.39, 0.29) is 12.6 Å². The molecular formula is C11H14N2O2. The van der Waals surface area contributed by atoms with E-state index in [9.17, 15) is 4.79 Å². The first-order valence-corrected chi connectivity index (χ1v) is 4.67. The van der Waals surface area contributed by atoms with Gasteiger partial charge in [-0.25, -0.2) is 4.79 Å². The van der Waals surface area contributed by atoms with Gasteiger partial charge in [0.25, 0.3) is 0 Å². The lowest BCUT2D eigenvalue weighted by atomic mass is 10.2. The number of allylic oxidation sites excluding steroid dienone is 1. The van der Waals surface area contributed by atoms with Crippen molar-refractivity contribution in [3.63, 3.8) is 0 Å². The molecule has 0 atom stereocenters. The third-order valence-corrected chi connectivity index (χ3v) is 1.91. The smallest absolute Gasteiger partial charge is 0.337 e. The fraction of sp³-hybridized carbons (Fsp3) is 0.364. The summed E-state index contributed by atoms with van der Waals surface area (Å²) in [7, 11) is 0. The number of hydrogen-bond donors (Lipinski definition) is 2. The van der Waals surface area contributed by atoms with Crippen LogP contribution in [-0.2, 0) is 9.53 Å². The summed E-state index contributed by atoms with van der Waals surface area (Å²) in [6.07, 6.45) is 8.50. The van der Waals surface area contributed by atoms with Gasteiger partial charge in [-0.15, -0.1) is 6.42 Å². The lowest BCUT2D eigenvalue weighted by molar-refractivity contribution is -0.138. The summed E-state index contributed by atoms with van der Waals surface area (Å²) in [5, 5.41) is 5.90. The van der Waals surface area contributed by atoms with Crippen LogP contribution in [0.25, 0.3) is 0 Å². The van der Waals surface area contributed by atoms with E-state index in [2.05, 4.69) is 16.6 Å². The minimum Gasteiger partial charge on any atom is -0.458 e. The molecule has 0 aromatic heterocycles. The van der Waals surface area contributed by atoms with Gasteiger partial charge in [0.15, 0.2) is 0 Å². The first-order valence-electron chi connectivity index (χ1n) is 4.67. The highest BCUT2D eigenvalue weighted by atomic mass is 16.5. The lowest BCUT2D eigenvalue weighted by Gasteiger charge is -2.14. The standard InChI is InChI=1S/C11H14N2O2/c1-3-9(2)4-5-15-11(14)10-6-12-8-13-7-10/h1,4,6,12-13H,5,7-8H2,2H3. The highest BCUT2D eigenvalue weighted by Crippen LogP contribution is 1.99. The molecule has 0 fully saturated rings. The molecule has 0 bridgehead atoms. The van der Waals surface area contributed by atoms with Gasteiger partial charge in [0.05, 0.1) is 12.2 Å². The van der Waals surface area contributed by atoms with E-state index in [4.69, 9.17) is 11.2 Å². The lowest BCUT2D eigenvalue weighted by Crippen LogP contribution is -2.35. The Balaban J connectivity index is 2.36. The fourth-order valence-corrected chi connectivity index (χ4v) is 1.02. The molecule has 1 aliphatic heterocycles. The van der Waals surface area contributed by atoms with Crippen LogP contribution >= 0.6 is 0 Å². The number of nitrogens with one attached hydrogen (secondary N) is 2. The SMILES string of the molecule is C#CC(C)=CCOC(=O)C1=CNCNC1. The highest BCUT2D eigenvalue weighted by Gasteiger charge is 2.12. The molecule has 0 aromatic carbocycles. The molecule has 0 radical (unpaired) electrons. The number of carbonyl (C=O) groups excluding carboxylic acids is 1. The van der Waals surface area contributed by atoms with Crippen LogP contribution in [0.15, 0.2) is 23.4 Å². The number of ether oxygens (including phenoxy) is 1. The van der Waals surface area contributed by atoms with Crippen LogP contribution < -0.4 is 10.6 Å². The second-order valence-electron chi connectivity index (χ2n) is 3.11. The molecule has 0 amide bonds. The van der Waals surface area contributed by atoms with Crippen molar-refractivity contribution in [2.45, 2.75) is 6.92 Å². The number of esters is 1. The third-order valence-electron chi connectivity index (χ3n) is 1.91. The van der Waals surface area contributed by atoms with Gasteiger partial charge in [0.1, 0.15) is 6.61 Å². The summed E-state index contributed by atoms with van der Waals surface area (Å²) in [5.74, 6) is 2.13. The summed E-state index contributed by atoms with van der Waals surface area (Å²) < 4.78 is 4.99. The maximum atomic E-state index is 11.4. The molecule has 0 saturated carbocycles. The Hall–Kier alpha value is -1.73. The minimum absolute atomic E-state index is 0.214. The molecule has 0 aliphatic carbocycles. The zero-order valence-electron chi connectivity index (χ0n) is 8.67. The summed E-state index contributed by atoms with van der Waals surface area (Å²) in [5.41, 5.74) is 1.35. The Labute approximate surface area is 89.4 Å². The van der Waals surface area contributed by atoms with Crippen molar-refractivity contribution in [2.24, 2.45) is 0 Å². The molecule has 80 valence electrons. The van der Waals surface area contributed by atoms with E-state index in [1.807, 2.05) is 0 Å². The molecule has 1 rings (SSSR count). The quantitative estimate of drug-likeness (QED) is 0.509. The number of rotatable bonds is 3. The first-order chi connectivity index (χ1) is 7.24. The monoisotopic (exact) mass is 206 g/mol. The molecule has 15 heavy (non-hydrogen) atoms. The van der Waals surface area contributed by atoms with E-state index in [0.29, 0.717) is 18.8 Å². The summed E-state index contributed by atoms with van der Waals surface area (Å²) in [6, 6.07) is 0. The average molecular weight is 206 g/mol.